The van der Waals surface area contributed by atoms with Crippen LogP contribution < -0.4 is 4.74 Å². The molecule has 12 heteroatoms. The summed E-state index contributed by atoms with van der Waals surface area (Å²) >= 11 is 1.28. The minimum Gasteiger partial charge on any atom is -0.507 e. The maximum atomic E-state index is 12.5. The molecule has 1 aliphatic rings. The molecule has 0 aliphatic carbocycles. The fourth-order valence-corrected chi connectivity index (χ4v) is 6.96. The molecule has 48 heavy (non-hydrogen) atoms. The Hall–Kier alpha value is -3.77. The summed E-state index contributed by atoms with van der Waals surface area (Å²) in [6.45, 7) is 16.6. The first kappa shape index (κ1) is 38.7. The Labute approximate surface area is 286 Å². The summed E-state index contributed by atoms with van der Waals surface area (Å²) in [6.07, 6.45) is -4.89. The minimum absolute atomic E-state index is 0.213. The summed E-state index contributed by atoms with van der Waals surface area (Å²) in [5.74, 6) is -1.83. The molecule has 1 fully saturated rings. The Balaban J connectivity index is 2.29. The van der Waals surface area contributed by atoms with Gasteiger partial charge in [0.15, 0.2) is 18.3 Å². The molecule has 0 bridgehead atoms. The minimum atomic E-state index is -1.30. The van der Waals surface area contributed by atoms with Crippen LogP contribution in [0.5, 0.6) is 11.5 Å². The Kier molecular flexibility index (Phi) is 12.6. The number of hydrogen-bond donors (Lipinski definition) is 1. The van der Waals surface area contributed by atoms with E-state index in [0.717, 1.165) is 22.3 Å². The van der Waals surface area contributed by atoms with Crippen molar-refractivity contribution < 1.29 is 52.7 Å². The van der Waals surface area contributed by atoms with Crippen molar-refractivity contribution in [2.45, 2.75) is 115 Å². The van der Waals surface area contributed by atoms with Crippen LogP contribution in [0.4, 0.5) is 0 Å². The SMILES string of the molecule is COc1ccc([C@@H](S[C@@H]2OC(COC(C)=O)[C@H](OC(C)=O)C(OC(C)=O)C2OC(C)=O)c2cc(C(C)(C)C)c(O)c(C(C)(C)C)c2)cc1. The van der Waals surface area contributed by atoms with Gasteiger partial charge in [-0.15, -0.1) is 11.8 Å². The molecule has 2 aromatic rings. The Morgan fingerprint density at radius 2 is 1.23 bits per heavy atom. The highest BCUT2D eigenvalue weighted by Gasteiger charge is 2.53. The number of ether oxygens (including phenoxy) is 6. The van der Waals surface area contributed by atoms with Crippen molar-refractivity contribution in [3.63, 3.8) is 0 Å². The number of phenolic OH excluding ortho intramolecular Hbond substituents is 1. The lowest BCUT2D eigenvalue weighted by Crippen LogP contribution is -2.61. The predicted octanol–water partition coefficient (Wildman–Crippen LogP) is 5.90. The Morgan fingerprint density at radius 1 is 0.750 bits per heavy atom. The zero-order chi connectivity index (χ0) is 36.1. The molecule has 1 saturated heterocycles. The summed E-state index contributed by atoms with van der Waals surface area (Å²) in [5, 5.41) is 11.0. The number of thioether (sulfide) groups is 1. The summed E-state index contributed by atoms with van der Waals surface area (Å²) in [5.41, 5.74) is 1.26. The van der Waals surface area contributed by atoms with Crippen molar-refractivity contribution in [2.24, 2.45) is 0 Å². The smallest absolute Gasteiger partial charge is 0.303 e. The third kappa shape index (κ3) is 9.88. The van der Waals surface area contributed by atoms with Crippen LogP contribution in [0.25, 0.3) is 0 Å². The number of rotatable bonds is 10. The lowest BCUT2D eigenvalue weighted by molar-refractivity contribution is -0.237. The number of hydrogen-bond acceptors (Lipinski definition) is 12. The van der Waals surface area contributed by atoms with E-state index in [4.69, 9.17) is 28.4 Å². The molecule has 3 rings (SSSR count). The van der Waals surface area contributed by atoms with Gasteiger partial charge < -0.3 is 33.5 Å². The molecule has 1 N–H and O–H groups in total. The van der Waals surface area contributed by atoms with Crippen LogP contribution in [-0.4, -0.2) is 72.6 Å². The fraction of sp³-hybridized carbons (Fsp3) is 0.556. The van der Waals surface area contributed by atoms with Crippen molar-refractivity contribution in [3.05, 3.63) is 58.7 Å². The van der Waals surface area contributed by atoms with E-state index >= 15 is 0 Å². The monoisotopic (exact) mass is 688 g/mol. The summed E-state index contributed by atoms with van der Waals surface area (Å²) < 4.78 is 34.2. The van der Waals surface area contributed by atoms with Gasteiger partial charge in [-0.1, -0.05) is 65.8 Å². The molecule has 11 nitrogen and oxygen atoms in total. The van der Waals surface area contributed by atoms with Crippen molar-refractivity contribution in [2.75, 3.05) is 13.7 Å². The molecule has 264 valence electrons. The molecule has 6 atom stereocenters. The van der Waals surface area contributed by atoms with Crippen LogP contribution in [0.2, 0.25) is 0 Å². The second kappa shape index (κ2) is 15.6. The highest BCUT2D eigenvalue weighted by atomic mass is 32.2. The van der Waals surface area contributed by atoms with Gasteiger partial charge in [-0.25, -0.2) is 0 Å². The van der Waals surface area contributed by atoms with E-state index in [-0.39, 0.29) is 12.4 Å². The standard InChI is InChI=1S/C36H48O11S/c1-19(37)43-18-28-30(44-20(2)38)31(45-21(3)39)32(46-22(4)40)34(47-28)48-33(23-12-14-25(42-11)15-13-23)24-16-26(35(5,6)7)29(41)27(17-24)36(8,9)10/h12-17,28,30-34,41H,18H2,1-11H3/t28?,30-,31?,32?,33+,34-/m0/s1. The van der Waals surface area contributed by atoms with Crippen LogP contribution in [0.15, 0.2) is 36.4 Å². The van der Waals surface area contributed by atoms with E-state index in [1.807, 2.05) is 77.9 Å². The van der Waals surface area contributed by atoms with E-state index in [1.165, 1.54) is 39.5 Å². The van der Waals surface area contributed by atoms with Crippen LogP contribution >= 0.6 is 11.8 Å². The average molecular weight is 689 g/mol. The van der Waals surface area contributed by atoms with Crippen LogP contribution in [0.1, 0.15) is 96.7 Å². The van der Waals surface area contributed by atoms with Crippen LogP contribution in [-0.2, 0) is 53.7 Å². The molecule has 3 unspecified atom stereocenters. The topological polar surface area (TPSA) is 144 Å². The number of aromatic hydroxyl groups is 1. The fourth-order valence-electron chi connectivity index (χ4n) is 5.51. The molecule has 1 aliphatic heterocycles. The van der Waals surface area contributed by atoms with Gasteiger partial charge in [-0.3, -0.25) is 19.2 Å². The third-order valence-electron chi connectivity index (χ3n) is 7.69. The number of methoxy groups -OCH3 is 1. The maximum Gasteiger partial charge on any atom is 0.303 e. The van der Waals surface area contributed by atoms with Crippen molar-refractivity contribution >= 4 is 35.6 Å². The van der Waals surface area contributed by atoms with E-state index < -0.39 is 69.8 Å². The summed E-state index contributed by atoms with van der Waals surface area (Å²) in [7, 11) is 1.57. The zero-order valence-corrected chi connectivity index (χ0v) is 30.4. The predicted molar refractivity (Wildman–Crippen MR) is 180 cm³/mol. The van der Waals surface area contributed by atoms with Gasteiger partial charge in [0, 0.05) is 27.7 Å². The Bertz CT molecular complexity index is 1440. The zero-order valence-electron chi connectivity index (χ0n) is 29.6. The first-order valence-corrected chi connectivity index (χ1v) is 16.6. The summed E-state index contributed by atoms with van der Waals surface area (Å²) in [6, 6.07) is 11.4. The Morgan fingerprint density at radius 3 is 1.67 bits per heavy atom. The number of esters is 4. The highest BCUT2D eigenvalue weighted by molar-refractivity contribution is 8.00. The molecule has 2 aromatic carbocycles. The molecular formula is C36H48O11S. The number of carbonyl (C=O) groups is 4. The molecule has 0 aromatic heterocycles. The normalized spacial score (nSPS) is 21.9. The summed E-state index contributed by atoms with van der Waals surface area (Å²) in [4.78, 5) is 49.0. The molecule has 1 heterocycles. The van der Waals surface area contributed by atoms with Crippen molar-refractivity contribution in [1.82, 2.24) is 0 Å². The van der Waals surface area contributed by atoms with E-state index in [0.29, 0.717) is 5.75 Å². The quantitative estimate of drug-likeness (QED) is 0.234. The second-order valence-electron chi connectivity index (χ2n) is 13.8. The average Bonchev–Trinajstić information content (AvgIpc) is 2.96. The molecular weight excluding hydrogens is 640 g/mol. The van der Waals surface area contributed by atoms with Gasteiger partial charge in [0.05, 0.1) is 12.4 Å². The lowest BCUT2D eigenvalue weighted by atomic mass is 9.78. The third-order valence-corrected chi connectivity index (χ3v) is 9.15. The molecule has 0 amide bonds. The van der Waals surface area contributed by atoms with Crippen molar-refractivity contribution in [3.8, 4) is 11.5 Å². The first-order valence-electron chi connectivity index (χ1n) is 15.7. The van der Waals surface area contributed by atoms with Gasteiger partial charge in [-0.2, -0.15) is 0 Å². The largest absolute Gasteiger partial charge is 0.507 e. The van der Waals surface area contributed by atoms with Gasteiger partial charge >= 0.3 is 23.9 Å². The van der Waals surface area contributed by atoms with Gasteiger partial charge in [0.25, 0.3) is 0 Å². The van der Waals surface area contributed by atoms with Crippen LogP contribution in [0.3, 0.4) is 0 Å². The second-order valence-corrected chi connectivity index (χ2v) is 15.0. The van der Waals surface area contributed by atoms with E-state index in [2.05, 4.69) is 0 Å². The van der Waals surface area contributed by atoms with Crippen LogP contribution in [0, 0.1) is 0 Å². The van der Waals surface area contributed by atoms with Gasteiger partial charge in [0.1, 0.15) is 29.6 Å². The van der Waals surface area contributed by atoms with Gasteiger partial charge in [-0.05, 0) is 45.2 Å². The number of carbonyl (C=O) groups excluding carboxylic acids is 4. The van der Waals surface area contributed by atoms with E-state index in [9.17, 15) is 24.3 Å². The molecule has 0 radical (unpaired) electrons. The number of benzene rings is 2. The lowest BCUT2D eigenvalue weighted by Gasteiger charge is -2.45. The first-order chi connectivity index (χ1) is 22.2. The highest BCUT2D eigenvalue weighted by Crippen LogP contribution is 2.48. The molecule has 0 saturated carbocycles. The number of phenols is 1. The van der Waals surface area contributed by atoms with Crippen molar-refractivity contribution in [1.29, 1.82) is 0 Å². The molecule has 0 spiro atoms. The maximum absolute atomic E-state index is 12.5. The van der Waals surface area contributed by atoms with Gasteiger partial charge in [0.2, 0.25) is 0 Å². The van der Waals surface area contributed by atoms with E-state index in [1.54, 1.807) is 7.11 Å².